The van der Waals surface area contributed by atoms with Gasteiger partial charge in [-0.1, -0.05) is 19.1 Å². The maximum atomic E-state index is 11.8. The topological polar surface area (TPSA) is 90.2 Å². The van der Waals surface area contributed by atoms with E-state index in [9.17, 15) is 8.42 Å². The van der Waals surface area contributed by atoms with Crippen molar-refractivity contribution in [2.24, 2.45) is 0 Å². The normalized spacial score (nSPS) is 12.9. The van der Waals surface area contributed by atoms with E-state index in [0.717, 1.165) is 0 Å². The average molecular weight is 268 g/mol. The second-order valence-corrected chi connectivity index (χ2v) is 5.73. The monoisotopic (exact) mass is 268 g/mol. The van der Waals surface area contributed by atoms with Crippen molar-refractivity contribution in [2.75, 3.05) is 6.61 Å². The third-order valence-corrected chi connectivity index (χ3v) is 3.90. The lowest BCUT2D eigenvalue weighted by Crippen LogP contribution is -2.37. The molecule has 98 valence electrons. The van der Waals surface area contributed by atoms with Crippen LogP contribution in [0.15, 0.2) is 24.3 Å². The van der Waals surface area contributed by atoms with Crippen LogP contribution in [-0.2, 0) is 15.8 Å². The molecule has 6 heteroatoms. The van der Waals surface area contributed by atoms with Gasteiger partial charge in [-0.15, -0.1) is 0 Å². The van der Waals surface area contributed by atoms with Crippen molar-refractivity contribution in [3.05, 3.63) is 35.4 Å². The Morgan fingerprint density at radius 1 is 1.39 bits per heavy atom. The van der Waals surface area contributed by atoms with Gasteiger partial charge in [-0.05, 0) is 24.1 Å². The fourth-order valence-electron chi connectivity index (χ4n) is 1.44. The molecule has 0 saturated heterocycles. The number of hydrogen-bond donors (Lipinski definition) is 2. The van der Waals surface area contributed by atoms with Crippen LogP contribution in [0, 0.1) is 11.3 Å². The predicted molar refractivity (Wildman–Crippen MR) is 68.1 cm³/mol. The molecule has 0 aliphatic rings. The molecule has 2 N–H and O–H groups in total. The highest BCUT2D eigenvalue weighted by molar-refractivity contribution is 7.88. The second kappa shape index (κ2) is 6.50. The van der Waals surface area contributed by atoms with E-state index in [0.29, 0.717) is 17.5 Å². The minimum Gasteiger partial charge on any atom is -0.395 e. The highest BCUT2D eigenvalue weighted by Crippen LogP contribution is 2.08. The quantitative estimate of drug-likeness (QED) is 0.796. The van der Waals surface area contributed by atoms with Gasteiger partial charge >= 0.3 is 0 Å². The Balaban J connectivity index is 2.73. The van der Waals surface area contributed by atoms with Crippen LogP contribution >= 0.6 is 0 Å². The van der Waals surface area contributed by atoms with Crippen molar-refractivity contribution in [3.8, 4) is 6.07 Å². The number of rotatable bonds is 6. The molecule has 0 amide bonds. The molecule has 5 nitrogen and oxygen atoms in total. The Kier molecular flexibility index (Phi) is 5.28. The molecule has 0 spiro atoms. The van der Waals surface area contributed by atoms with Crippen LogP contribution < -0.4 is 4.72 Å². The summed E-state index contributed by atoms with van der Waals surface area (Å²) in [4.78, 5) is 0. The van der Waals surface area contributed by atoms with E-state index in [-0.39, 0.29) is 12.4 Å². The summed E-state index contributed by atoms with van der Waals surface area (Å²) in [6, 6.07) is 7.89. The first-order valence-electron chi connectivity index (χ1n) is 5.60. The third-order valence-electron chi connectivity index (χ3n) is 2.50. The Hall–Kier alpha value is -1.42. The lowest BCUT2D eigenvalue weighted by molar-refractivity contribution is 0.254. The fourth-order valence-corrected chi connectivity index (χ4v) is 2.90. The second-order valence-electron chi connectivity index (χ2n) is 3.97. The Morgan fingerprint density at radius 3 is 2.44 bits per heavy atom. The molecule has 0 saturated carbocycles. The van der Waals surface area contributed by atoms with Gasteiger partial charge in [0.25, 0.3) is 0 Å². The first kappa shape index (κ1) is 14.6. The number of sulfonamides is 1. The molecule has 18 heavy (non-hydrogen) atoms. The van der Waals surface area contributed by atoms with Crippen molar-refractivity contribution < 1.29 is 13.5 Å². The van der Waals surface area contributed by atoms with Crippen LogP contribution in [0.2, 0.25) is 0 Å². The molecule has 0 aromatic heterocycles. The van der Waals surface area contributed by atoms with Gasteiger partial charge < -0.3 is 5.11 Å². The zero-order chi connectivity index (χ0) is 13.6. The zero-order valence-electron chi connectivity index (χ0n) is 10.1. The molecule has 0 unspecified atom stereocenters. The molecule has 1 aromatic rings. The molecule has 1 rings (SSSR count). The predicted octanol–water partition coefficient (Wildman–Crippen LogP) is 0.749. The Bertz CT molecular complexity index is 513. The number of nitrogens with zero attached hydrogens (tertiary/aromatic N) is 1. The van der Waals surface area contributed by atoms with Gasteiger partial charge in [0.2, 0.25) is 10.0 Å². The summed E-state index contributed by atoms with van der Waals surface area (Å²) in [5, 5.41) is 17.6. The van der Waals surface area contributed by atoms with Crippen LogP contribution in [0.25, 0.3) is 0 Å². The summed E-state index contributed by atoms with van der Waals surface area (Å²) in [5.41, 5.74) is 1.10. The molecule has 0 radical (unpaired) electrons. The highest BCUT2D eigenvalue weighted by atomic mass is 32.2. The van der Waals surface area contributed by atoms with E-state index in [1.165, 1.54) is 0 Å². The summed E-state index contributed by atoms with van der Waals surface area (Å²) in [6.45, 7) is 1.58. The SMILES string of the molecule is CC[C@@H](CO)NS(=O)(=O)Cc1ccc(C#N)cc1. The van der Waals surface area contributed by atoms with Gasteiger partial charge in [0.1, 0.15) is 0 Å². The van der Waals surface area contributed by atoms with E-state index in [1.807, 2.05) is 6.07 Å². The number of aliphatic hydroxyl groups excluding tert-OH is 1. The van der Waals surface area contributed by atoms with E-state index in [4.69, 9.17) is 10.4 Å². The minimum atomic E-state index is -3.47. The highest BCUT2D eigenvalue weighted by Gasteiger charge is 2.16. The zero-order valence-corrected chi connectivity index (χ0v) is 10.9. The van der Waals surface area contributed by atoms with Crippen molar-refractivity contribution >= 4 is 10.0 Å². The van der Waals surface area contributed by atoms with Gasteiger partial charge in [0.15, 0.2) is 0 Å². The molecule has 1 aromatic carbocycles. The maximum Gasteiger partial charge on any atom is 0.216 e. The van der Waals surface area contributed by atoms with Crippen molar-refractivity contribution in [3.63, 3.8) is 0 Å². The molecule has 1 atom stereocenters. The molecule has 0 fully saturated rings. The van der Waals surface area contributed by atoms with Crippen LogP contribution in [0.5, 0.6) is 0 Å². The van der Waals surface area contributed by atoms with E-state index >= 15 is 0 Å². The summed E-state index contributed by atoms with van der Waals surface area (Å²) < 4.78 is 26.0. The molecular formula is C12H16N2O3S. The average Bonchev–Trinajstić information content (AvgIpc) is 2.36. The van der Waals surface area contributed by atoms with Crippen LogP contribution in [-0.4, -0.2) is 26.2 Å². The van der Waals surface area contributed by atoms with E-state index in [1.54, 1.807) is 31.2 Å². The largest absolute Gasteiger partial charge is 0.395 e. The fraction of sp³-hybridized carbons (Fsp3) is 0.417. The molecule has 0 aliphatic carbocycles. The van der Waals surface area contributed by atoms with E-state index in [2.05, 4.69) is 4.72 Å². The smallest absolute Gasteiger partial charge is 0.216 e. The summed E-state index contributed by atoms with van der Waals surface area (Å²) >= 11 is 0. The van der Waals surface area contributed by atoms with Gasteiger partial charge in [0.05, 0.1) is 24.0 Å². The van der Waals surface area contributed by atoms with Gasteiger partial charge in [-0.25, -0.2) is 13.1 Å². The van der Waals surface area contributed by atoms with Crippen molar-refractivity contribution in [2.45, 2.75) is 25.1 Å². The van der Waals surface area contributed by atoms with Crippen LogP contribution in [0.3, 0.4) is 0 Å². The van der Waals surface area contributed by atoms with Crippen molar-refractivity contribution in [1.29, 1.82) is 5.26 Å². The van der Waals surface area contributed by atoms with E-state index < -0.39 is 16.1 Å². The molecule has 0 bridgehead atoms. The number of nitrogens with one attached hydrogen (secondary N) is 1. The van der Waals surface area contributed by atoms with Crippen LogP contribution in [0.1, 0.15) is 24.5 Å². The summed E-state index contributed by atoms with van der Waals surface area (Å²) in [7, 11) is -3.47. The first-order valence-corrected chi connectivity index (χ1v) is 7.26. The number of aliphatic hydroxyl groups is 1. The van der Waals surface area contributed by atoms with Gasteiger partial charge in [-0.3, -0.25) is 0 Å². The lowest BCUT2D eigenvalue weighted by atomic mass is 10.2. The standard InChI is InChI=1S/C12H16N2O3S/c1-2-12(8-15)14-18(16,17)9-11-5-3-10(7-13)4-6-11/h3-6,12,14-15H,2,8-9H2,1H3/t12-/m0/s1. The van der Waals surface area contributed by atoms with Gasteiger partial charge in [0, 0.05) is 6.04 Å². The first-order chi connectivity index (χ1) is 8.50. The molecule has 0 aliphatic heterocycles. The van der Waals surface area contributed by atoms with Gasteiger partial charge in [-0.2, -0.15) is 5.26 Å². The molecule has 0 heterocycles. The Labute approximate surface area is 107 Å². The maximum absolute atomic E-state index is 11.8. The number of nitriles is 1. The summed E-state index contributed by atoms with van der Waals surface area (Å²) in [6.07, 6.45) is 0.531. The van der Waals surface area contributed by atoms with Crippen LogP contribution in [0.4, 0.5) is 0 Å². The third kappa shape index (κ3) is 4.45. The minimum absolute atomic E-state index is 0.158. The number of hydrogen-bond acceptors (Lipinski definition) is 4. The molecular weight excluding hydrogens is 252 g/mol. The Morgan fingerprint density at radius 2 is 2.00 bits per heavy atom. The van der Waals surface area contributed by atoms with Crippen molar-refractivity contribution in [1.82, 2.24) is 4.72 Å². The summed E-state index contributed by atoms with van der Waals surface area (Å²) in [5.74, 6) is -0.158. The lowest BCUT2D eigenvalue weighted by Gasteiger charge is -2.14. The number of benzene rings is 1.